The molecular formula is C36H68NO8P. The van der Waals surface area contributed by atoms with Crippen molar-refractivity contribution in [2.24, 2.45) is 0 Å². The van der Waals surface area contributed by atoms with Crippen LogP contribution in [-0.2, 0) is 27.9 Å². The second-order valence-corrected chi connectivity index (χ2v) is 13.7. The molecule has 0 aliphatic carbocycles. The molecule has 0 spiro atoms. The van der Waals surface area contributed by atoms with Gasteiger partial charge in [-0.15, -0.1) is 0 Å². The minimum absolute atomic E-state index is 0.0807. The minimum Gasteiger partial charge on any atom is -0.463 e. The zero-order valence-corrected chi connectivity index (χ0v) is 30.2. The van der Waals surface area contributed by atoms with Crippen LogP contribution in [0.5, 0.6) is 0 Å². The third-order valence-corrected chi connectivity index (χ3v) is 8.62. The summed E-state index contributed by atoms with van der Waals surface area (Å²) in [7, 11) is -4.40. The number of aliphatic hydroxyl groups excluding tert-OH is 1. The van der Waals surface area contributed by atoms with E-state index in [1.165, 1.54) is 83.5 Å². The molecule has 1 amide bonds. The third-order valence-electron chi connectivity index (χ3n) is 7.63. The van der Waals surface area contributed by atoms with Crippen molar-refractivity contribution in [2.75, 3.05) is 26.4 Å². The molecule has 2 unspecified atom stereocenters. The Labute approximate surface area is 280 Å². The lowest BCUT2D eigenvalue weighted by molar-refractivity contribution is -0.147. The van der Waals surface area contributed by atoms with E-state index in [2.05, 4.69) is 43.5 Å². The van der Waals surface area contributed by atoms with E-state index >= 15 is 0 Å². The van der Waals surface area contributed by atoms with Gasteiger partial charge in [0.15, 0.2) is 0 Å². The van der Waals surface area contributed by atoms with E-state index in [0.29, 0.717) is 6.42 Å². The predicted octanol–water partition coefficient (Wildman–Crippen LogP) is 9.26. The van der Waals surface area contributed by atoms with Gasteiger partial charge < -0.3 is 20.1 Å². The molecule has 3 N–H and O–H groups in total. The zero-order chi connectivity index (χ0) is 34.0. The Morgan fingerprint density at radius 1 is 0.674 bits per heavy atom. The molecule has 0 rings (SSSR count). The number of hydrogen-bond acceptors (Lipinski definition) is 7. The lowest BCUT2D eigenvalue weighted by Gasteiger charge is -2.15. The molecule has 0 aliphatic heterocycles. The van der Waals surface area contributed by atoms with E-state index in [1.54, 1.807) is 0 Å². The van der Waals surface area contributed by atoms with Crippen LogP contribution < -0.4 is 5.32 Å². The molecule has 0 saturated heterocycles. The molecule has 0 saturated carbocycles. The standard InChI is InChI=1S/C36H68NO8P/c1-3-5-7-9-11-12-13-14-15-16-17-18-19-20-21-22-23-24-26-28-35(39)37-30-31-44-46(41,42)45-33-34(38)32-43-36(40)29-27-25-10-8-6-4-2/h11-12,14-15,34,38H,3-10,13,16-33H2,1-2H3,(H,37,39)(H,41,42)/b12-11-,15-14-. The molecule has 270 valence electrons. The number of ether oxygens (including phenoxy) is 1. The number of phosphoric acid groups is 1. The molecular weight excluding hydrogens is 605 g/mol. The van der Waals surface area contributed by atoms with Gasteiger partial charge in [0.05, 0.1) is 13.2 Å². The second kappa shape index (κ2) is 33.4. The fourth-order valence-electron chi connectivity index (χ4n) is 4.82. The van der Waals surface area contributed by atoms with Gasteiger partial charge in [0, 0.05) is 19.4 Å². The molecule has 9 nitrogen and oxygen atoms in total. The van der Waals surface area contributed by atoms with Crippen LogP contribution in [0.15, 0.2) is 24.3 Å². The van der Waals surface area contributed by atoms with Gasteiger partial charge in [0.2, 0.25) is 5.91 Å². The molecule has 0 bridgehead atoms. The van der Waals surface area contributed by atoms with E-state index < -0.39 is 26.5 Å². The molecule has 0 fully saturated rings. The summed E-state index contributed by atoms with van der Waals surface area (Å²) in [5.74, 6) is -0.529. The SMILES string of the molecule is CCCCC/C=C\C/C=C\CCCCCCCCCCCC(=O)NCCOP(=O)(O)OCC(O)COC(=O)CCCCCCCC. The fraction of sp³-hybridized carbons (Fsp3) is 0.833. The van der Waals surface area contributed by atoms with Crippen LogP contribution in [0.4, 0.5) is 0 Å². The number of aliphatic hydroxyl groups is 1. The highest BCUT2D eigenvalue weighted by Gasteiger charge is 2.23. The number of allylic oxidation sites excluding steroid dienone is 4. The number of nitrogens with one attached hydrogen (secondary N) is 1. The normalized spacial score (nSPS) is 13.7. The minimum atomic E-state index is -4.40. The van der Waals surface area contributed by atoms with Crippen molar-refractivity contribution >= 4 is 19.7 Å². The average molecular weight is 674 g/mol. The highest BCUT2D eigenvalue weighted by atomic mass is 31.2. The van der Waals surface area contributed by atoms with Crippen LogP contribution in [0.2, 0.25) is 0 Å². The van der Waals surface area contributed by atoms with Crippen molar-refractivity contribution in [3.05, 3.63) is 24.3 Å². The van der Waals surface area contributed by atoms with Crippen molar-refractivity contribution in [3.8, 4) is 0 Å². The van der Waals surface area contributed by atoms with E-state index in [-0.39, 0.29) is 32.1 Å². The quantitative estimate of drug-likeness (QED) is 0.0267. The van der Waals surface area contributed by atoms with Crippen LogP contribution in [0.25, 0.3) is 0 Å². The maximum atomic E-state index is 12.0. The Bertz CT molecular complexity index is 820. The Morgan fingerprint density at radius 2 is 1.17 bits per heavy atom. The second-order valence-electron chi connectivity index (χ2n) is 12.2. The number of carbonyl (C=O) groups is 2. The van der Waals surface area contributed by atoms with Gasteiger partial charge in [0.1, 0.15) is 12.7 Å². The summed E-state index contributed by atoms with van der Waals surface area (Å²) >= 11 is 0. The largest absolute Gasteiger partial charge is 0.472 e. The predicted molar refractivity (Wildman–Crippen MR) is 188 cm³/mol. The lowest BCUT2D eigenvalue weighted by Crippen LogP contribution is -2.27. The number of carbonyl (C=O) groups excluding carboxylic acids is 2. The van der Waals surface area contributed by atoms with Crippen LogP contribution in [-0.4, -0.2) is 54.3 Å². The van der Waals surface area contributed by atoms with E-state index in [4.69, 9.17) is 13.8 Å². The third kappa shape index (κ3) is 33.8. The molecule has 0 aromatic carbocycles. The average Bonchev–Trinajstić information content (AvgIpc) is 3.04. The molecule has 2 atom stereocenters. The fourth-order valence-corrected chi connectivity index (χ4v) is 5.58. The highest BCUT2D eigenvalue weighted by Crippen LogP contribution is 2.42. The summed E-state index contributed by atoms with van der Waals surface area (Å²) in [6, 6.07) is 0. The number of unbranched alkanes of at least 4 members (excludes halogenated alkanes) is 17. The maximum absolute atomic E-state index is 12.0. The van der Waals surface area contributed by atoms with Crippen molar-refractivity contribution in [3.63, 3.8) is 0 Å². The molecule has 46 heavy (non-hydrogen) atoms. The van der Waals surface area contributed by atoms with Crippen LogP contribution in [0, 0.1) is 0 Å². The first-order valence-corrected chi connectivity index (χ1v) is 19.8. The summed E-state index contributed by atoms with van der Waals surface area (Å²) in [6.07, 6.45) is 32.8. The first-order chi connectivity index (χ1) is 22.3. The molecule has 0 radical (unpaired) electrons. The summed E-state index contributed by atoms with van der Waals surface area (Å²) < 4.78 is 26.6. The highest BCUT2D eigenvalue weighted by molar-refractivity contribution is 7.47. The van der Waals surface area contributed by atoms with E-state index in [9.17, 15) is 24.2 Å². The Hall–Kier alpha value is -1.51. The van der Waals surface area contributed by atoms with Crippen molar-refractivity contribution in [2.45, 2.75) is 168 Å². The van der Waals surface area contributed by atoms with E-state index in [1.807, 2.05) is 0 Å². The van der Waals surface area contributed by atoms with Crippen LogP contribution in [0.1, 0.15) is 162 Å². The van der Waals surface area contributed by atoms with Gasteiger partial charge in [-0.3, -0.25) is 18.6 Å². The Balaban J connectivity index is 3.58. The molecule has 10 heteroatoms. The Kier molecular flexibility index (Phi) is 32.3. The van der Waals surface area contributed by atoms with Crippen LogP contribution in [0.3, 0.4) is 0 Å². The van der Waals surface area contributed by atoms with Crippen molar-refractivity contribution in [1.82, 2.24) is 5.32 Å². The Morgan fingerprint density at radius 3 is 1.78 bits per heavy atom. The van der Waals surface area contributed by atoms with Gasteiger partial charge in [-0.25, -0.2) is 4.57 Å². The molecule has 0 heterocycles. The van der Waals surface area contributed by atoms with Gasteiger partial charge >= 0.3 is 13.8 Å². The van der Waals surface area contributed by atoms with Gasteiger partial charge in [-0.2, -0.15) is 0 Å². The smallest absolute Gasteiger partial charge is 0.463 e. The van der Waals surface area contributed by atoms with E-state index in [0.717, 1.165) is 51.4 Å². The van der Waals surface area contributed by atoms with Gasteiger partial charge in [-0.05, 0) is 44.9 Å². The lowest BCUT2D eigenvalue weighted by atomic mass is 10.1. The summed E-state index contributed by atoms with van der Waals surface area (Å²) in [5.41, 5.74) is 0. The number of hydrogen-bond donors (Lipinski definition) is 3. The van der Waals surface area contributed by atoms with Crippen molar-refractivity contribution in [1.29, 1.82) is 0 Å². The summed E-state index contributed by atoms with van der Waals surface area (Å²) in [5, 5.41) is 12.6. The van der Waals surface area contributed by atoms with Crippen molar-refractivity contribution < 1.29 is 37.9 Å². The first kappa shape index (κ1) is 44.5. The zero-order valence-electron chi connectivity index (χ0n) is 29.3. The molecule has 0 aliphatic rings. The first-order valence-electron chi connectivity index (χ1n) is 18.3. The van der Waals surface area contributed by atoms with Crippen LogP contribution >= 0.6 is 7.82 Å². The summed E-state index contributed by atoms with van der Waals surface area (Å²) in [4.78, 5) is 33.5. The number of phosphoric ester groups is 1. The molecule has 0 aromatic heterocycles. The number of amides is 1. The number of rotatable bonds is 34. The monoisotopic (exact) mass is 673 g/mol. The summed E-state index contributed by atoms with van der Waals surface area (Å²) in [6.45, 7) is 3.43. The number of esters is 1. The van der Waals surface area contributed by atoms with Gasteiger partial charge in [-0.1, -0.05) is 128 Å². The maximum Gasteiger partial charge on any atom is 0.472 e. The molecule has 0 aromatic rings. The van der Waals surface area contributed by atoms with Gasteiger partial charge in [0.25, 0.3) is 0 Å². The topological polar surface area (TPSA) is 131 Å².